The molecule has 0 bridgehead atoms. The normalized spacial score (nSPS) is 36.7. The SMILES string of the molecule is C=C/C=C1/CCC2C(=C1CCC)C(c1ccc3c(c1)CC(C)(C)C3)CC1(C)C(O)CCC21. The minimum absolute atomic E-state index is 0.0497. The van der Waals surface area contributed by atoms with E-state index in [4.69, 9.17) is 0 Å². The van der Waals surface area contributed by atoms with E-state index in [1.165, 1.54) is 56.1 Å². The van der Waals surface area contributed by atoms with E-state index in [1.54, 1.807) is 22.3 Å². The molecule has 1 heteroatoms. The number of aliphatic hydroxyl groups excluding tert-OH is 1. The second-order valence-electron chi connectivity index (χ2n) is 12.3. The summed E-state index contributed by atoms with van der Waals surface area (Å²) in [5, 5.41) is 11.1. The molecule has 0 radical (unpaired) electrons. The summed E-state index contributed by atoms with van der Waals surface area (Å²) in [6, 6.07) is 7.42. The van der Waals surface area contributed by atoms with Crippen LogP contribution in [-0.2, 0) is 12.8 Å². The van der Waals surface area contributed by atoms with E-state index in [-0.39, 0.29) is 11.5 Å². The Bertz CT molecular complexity index is 976. The van der Waals surface area contributed by atoms with Crippen LogP contribution in [0.1, 0.15) is 95.2 Å². The van der Waals surface area contributed by atoms with Crippen LogP contribution in [0.4, 0.5) is 0 Å². The summed E-state index contributed by atoms with van der Waals surface area (Å²) in [5.41, 5.74) is 9.96. The van der Waals surface area contributed by atoms with E-state index in [0.29, 0.717) is 23.2 Å². The van der Waals surface area contributed by atoms with Gasteiger partial charge >= 0.3 is 0 Å². The molecule has 0 aromatic heterocycles. The molecule has 4 aliphatic rings. The standard InChI is InChI=1S/C31H42O/c1-6-8-20-12-13-25-27-14-15-28(32)31(27,5)19-26(29(25)24(20)9-7-2)21-10-11-22-17-30(3,4)18-23(22)16-21/h6,8,10-11,16,25-28,32H,1,7,9,12-15,17-19H2,2-5H3/b20-8-. The molecule has 0 saturated heterocycles. The number of hydrogen-bond donors (Lipinski definition) is 1. The highest BCUT2D eigenvalue weighted by Gasteiger charge is 2.56. The Labute approximate surface area is 195 Å². The topological polar surface area (TPSA) is 20.2 Å². The first kappa shape index (κ1) is 22.2. The van der Waals surface area contributed by atoms with Crippen LogP contribution in [0.25, 0.3) is 0 Å². The molecule has 0 spiro atoms. The van der Waals surface area contributed by atoms with Crippen LogP contribution in [0.5, 0.6) is 0 Å². The van der Waals surface area contributed by atoms with E-state index >= 15 is 0 Å². The van der Waals surface area contributed by atoms with Crippen molar-refractivity contribution >= 4 is 0 Å². The Hall–Kier alpha value is -1.60. The van der Waals surface area contributed by atoms with Gasteiger partial charge in [0, 0.05) is 5.92 Å². The lowest BCUT2D eigenvalue weighted by molar-refractivity contribution is -0.00293. The van der Waals surface area contributed by atoms with E-state index in [9.17, 15) is 5.11 Å². The Morgan fingerprint density at radius 1 is 1.09 bits per heavy atom. The smallest absolute Gasteiger partial charge is 0.0597 e. The molecule has 4 aliphatic carbocycles. The molecule has 1 N–H and O–H groups in total. The molecular formula is C31H42O. The first-order chi connectivity index (χ1) is 15.3. The van der Waals surface area contributed by atoms with Crippen LogP contribution in [-0.4, -0.2) is 11.2 Å². The molecule has 0 heterocycles. The van der Waals surface area contributed by atoms with Crippen molar-refractivity contribution in [3.05, 3.63) is 70.3 Å². The van der Waals surface area contributed by atoms with Crippen LogP contribution in [0.3, 0.4) is 0 Å². The van der Waals surface area contributed by atoms with E-state index in [0.717, 1.165) is 12.8 Å². The number of rotatable bonds is 4. The summed E-state index contributed by atoms with van der Waals surface area (Å²) in [4.78, 5) is 0. The maximum atomic E-state index is 11.1. The Balaban J connectivity index is 1.66. The third-order valence-electron chi connectivity index (χ3n) is 9.51. The number of aliphatic hydroxyl groups is 1. The molecule has 32 heavy (non-hydrogen) atoms. The van der Waals surface area contributed by atoms with Gasteiger partial charge < -0.3 is 5.11 Å². The average Bonchev–Trinajstić information content (AvgIpc) is 3.22. The zero-order valence-electron chi connectivity index (χ0n) is 20.7. The maximum Gasteiger partial charge on any atom is 0.0597 e. The van der Waals surface area contributed by atoms with Gasteiger partial charge in [0.15, 0.2) is 0 Å². The second-order valence-corrected chi connectivity index (χ2v) is 12.3. The summed E-state index contributed by atoms with van der Waals surface area (Å²) < 4.78 is 0. The minimum atomic E-state index is -0.148. The fraction of sp³-hybridized carbons (Fsp3) is 0.613. The summed E-state index contributed by atoms with van der Waals surface area (Å²) in [6.45, 7) is 13.6. The average molecular weight is 431 g/mol. The molecule has 1 aromatic rings. The first-order valence-electron chi connectivity index (χ1n) is 13.1. The second kappa shape index (κ2) is 8.01. The predicted molar refractivity (Wildman–Crippen MR) is 135 cm³/mol. The minimum Gasteiger partial charge on any atom is -0.393 e. The van der Waals surface area contributed by atoms with Gasteiger partial charge in [-0.2, -0.15) is 0 Å². The summed E-state index contributed by atoms with van der Waals surface area (Å²) in [7, 11) is 0. The van der Waals surface area contributed by atoms with Crippen molar-refractivity contribution < 1.29 is 5.11 Å². The molecule has 1 nitrogen and oxygen atoms in total. The van der Waals surface area contributed by atoms with Crippen molar-refractivity contribution in [3.63, 3.8) is 0 Å². The molecule has 2 fully saturated rings. The third kappa shape index (κ3) is 3.47. The van der Waals surface area contributed by atoms with Gasteiger partial charge in [0.25, 0.3) is 0 Å². The lowest BCUT2D eigenvalue weighted by atomic mass is 9.53. The fourth-order valence-electron chi connectivity index (χ4n) is 8.13. The van der Waals surface area contributed by atoms with Crippen molar-refractivity contribution in [1.82, 2.24) is 0 Å². The molecule has 5 rings (SSSR count). The molecule has 0 aliphatic heterocycles. The van der Waals surface area contributed by atoms with E-state index in [2.05, 4.69) is 58.5 Å². The number of fused-ring (bicyclic) bond motifs is 4. The van der Waals surface area contributed by atoms with Gasteiger partial charge in [0.1, 0.15) is 0 Å². The molecule has 1 aromatic carbocycles. The van der Waals surface area contributed by atoms with Crippen molar-refractivity contribution in [3.8, 4) is 0 Å². The lowest BCUT2D eigenvalue weighted by Crippen LogP contribution is -2.44. The van der Waals surface area contributed by atoms with Gasteiger partial charge in [-0.15, -0.1) is 0 Å². The molecule has 5 atom stereocenters. The first-order valence-corrected chi connectivity index (χ1v) is 13.1. The van der Waals surface area contributed by atoms with Crippen LogP contribution in [0.2, 0.25) is 0 Å². The fourth-order valence-corrected chi connectivity index (χ4v) is 8.13. The zero-order valence-corrected chi connectivity index (χ0v) is 20.7. The Kier molecular flexibility index (Phi) is 5.56. The maximum absolute atomic E-state index is 11.1. The van der Waals surface area contributed by atoms with Crippen molar-refractivity contribution in [2.45, 2.75) is 97.5 Å². The summed E-state index contributed by atoms with van der Waals surface area (Å²) >= 11 is 0. The van der Waals surface area contributed by atoms with E-state index < -0.39 is 0 Å². The van der Waals surface area contributed by atoms with Crippen molar-refractivity contribution in [2.75, 3.05) is 0 Å². The molecule has 0 amide bonds. The van der Waals surface area contributed by atoms with Gasteiger partial charge in [-0.05, 0) is 102 Å². The molecule has 2 saturated carbocycles. The monoisotopic (exact) mass is 430 g/mol. The lowest BCUT2D eigenvalue weighted by Gasteiger charge is -2.51. The van der Waals surface area contributed by atoms with Gasteiger partial charge in [0.2, 0.25) is 0 Å². The van der Waals surface area contributed by atoms with Gasteiger partial charge in [-0.3, -0.25) is 0 Å². The quantitative estimate of drug-likeness (QED) is 0.519. The molecule has 172 valence electrons. The van der Waals surface area contributed by atoms with Crippen LogP contribution >= 0.6 is 0 Å². The number of hydrogen-bond acceptors (Lipinski definition) is 1. The Morgan fingerprint density at radius 3 is 2.62 bits per heavy atom. The number of allylic oxidation sites excluding steroid dienone is 5. The highest BCUT2D eigenvalue weighted by molar-refractivity contribution is 5.49. The van der Waals surface area contributed by atoms with Gasteiger partial charge in [0.05, 0.1) is 6.10 Å². The van der Waals surface area contributed by atoms with Crippen LogP contribution in [0.15, 0.2) is 53.6 Å². The Morgan fingerprint density at radius 2 is 1.88 bits per heavy atom. The predicted octanol–water partition coefficient (Wildman–Crippen LogP) is 7.70. The van der Waals surface area contributed by atoms with Gasteiger partial charge in [-0.25, -0.2) is 0 Å². The van der Waals surface area contributed by atoms with Crippen molar-refractivity contribution in [1.29, 1.82) is 0 Å². The zero-order chi connectivity index (χ0) is 22.7. The van der Waals surface area contributed by atoms with Gasteiger partial charge in [-0.1, -0.05) is 76.6 Å². The van der Waals surface area contributed by atoms with E-state index in [1.807, 2.05) is 6.08 Å². The van der Waals surface area contributed by atoms with Crippen LogP contribution in [0, 0.1) is 22.7 Å². The molecular weight excluding hydrogens is 388 g/mol. The van der Waals surface area contributed by atoms with Crippen molar-refractivity contribution in [2.24, 2.45) is 22.7 Å². The number of benzene rings is 1. The highest BCUT2D eigenvalue weighted by Crippen LogP contribution is 2.63. The third-order valence-corrected chi connectivity index (χ3v) is 9.51. The largest absolute Gasteiger partial charge is 0.393 e. The summed E-state index contributed by atoms with van der Waals surface area (Å²) in [5.74, 6) is 1.71. The van der Waals surface area contributed by atoms with Crippen LogP contribution < -0.4 is 0 Å². The highest BCUT2D eigenvalue weighted by atomic mass is 16.3. The summed E-state index contributed by atoms with van der Waals surface area (Å²) in [6.07, 6.45) is 14.6. The molecule has 5 unspecified atom stereocenters.